The number of aliphatic imine (C=N–C) groups is 1. The Hall–Kier alpha value is -3.16. The maximum atomic E-state index is 13.2. The lowest BCUT2D eigenvalue weighted by molar-refractivity contribution is 0.0954. The number of pyridine rings is 1. The second-order valence-corrected chi connectivity index (χ2v) is 6.03. The molecule has 0 bridgehead atoms. The van der Waals surface area contributed by atoms with Gasteiger partial charge in [0.2, 0.25) is 0 Å². The number of nitrogens with zero attached hydrogens (tertiary/aromatic N) is 2. The lowest BCUT2D eigenvalue weighted by atomic mass is 10.3. The second kappa shape index (κ2) is 11.5. The summed E-state index contributed by atoms with van der Waals surface area (Å²) in [5.74, 6) is 0.581. The average Bonchev–Trinajstić information content (AvgIpc) is 2.69. The number of ether oxygens (including phenoxy) is 1. The first-order valence-corrected chi connectivity index (χ1v) is 9.21. The van der Waals surface area contributed by atoms with Gasteiger partial charge in [0.05, 0.1) is 12.1 Å². The molecule has 3 N–H and O–H groups in total. The van der Waals surface area contributed by atoms with Crippen molar-refractivity contribution in [2.75, 3.05) is 26.2 Å². The molecule has 0 saturated carbocycles. The van der Waals surface area contributed by atoms with Crippen LogP contribution >= 0.6 is 0 Å². The van der Waals surface area contributed by atoms with Crippen LogP contribution in [0.3, 0.4) is 0 Å². The highest BCUT2D eigenvalue weighted by molar-refractivity contribution is 5.93. The highest BCUT2D eigenvalue weighted by Gasteiger charge is 2.06. The molecular weight excluding hydrogens is 361 g/mol. The highest BCUT2D eigenvalue weighted by atomic mass is 19.1. The van der Waals surface area contributed by atoms with Crippen LogP contribution in [-0.2, 0) is 0 Å². The highest BCUT2D eigenvalue weighted by Crippen LogP contribution is 2.13. The number of amides is 1. The minimum atomic E-state index is -0.337. The van der Waals surface area contributed by atoms with Crippen molar-refractivity contribution < 1.29 is 13.9 Å². The largest absolute Gasteiger partial charge is 0.489 e. The Labute approximate surface area is 164 Å². The van der Waals surface area contributed by atoms with Crippen molar-refractivity contribution in [2.45, 2.75) is 20.0 Å². The van der Waals surface area contributed by atoms with Crippen LogP contribution in [0.15, 0.2) is 53.8 Å². The maximum Gasteiger partial charge on any atom is 0.252 e. The van der Waals surface area contributed by atoms with Gasteiger partial charge in [0.15, 0.2) is 5.96 Å². The summed E-state index contributed by atoms with van der Waals surface area (Å²) < 4.78 is 18.9. The molecule has 2 aromatic rings. The van der Waals surface area contributed by atoms with Gasteiger partial charge in [-0.3, -0.25) is 9.78 Å². The van der Waals surface area contributed by atoms with E-state index in [1.807, 2.05) is 13.8 Å². The summed E-state index contributed by atoms with van der Waals surface area (Å²) >= 11 is 0. The van der Waals surface area contributed by atoms with Gasteiger partial charge in [-0.05, 0) is 38.1 Å². The number of carbonyl (C=O) groups excluding carboxylic acids is 1. The SMILES string of the molecule is CCNC(=NCC(C)Oc1cccc(F)c1)NCCNC(=O)c1cccnc1. The lowest BCUT2D eigenvalue weighted by Gasteiger charge is -2.15. The first-order valence-electron chi connectivity index (χ1n) is 9.21. The van der Waals surface area contributed by atoms with Gasteiger partial charge in [-0.2, -0.15) is 0 Å². The van der Waals surface area contributed by atoms with Gasteiger partial charge in [-0.15, -0.1) is 0 Å². The van der Waals surface area contributed by atoms with E-state index >= 15 is 0 Å². The van der Waals surface area contributed by atoms with Crippen molar-refractivity contribution in [1.29, 1.82) is 0 Å². The van der Waals surface area contributed by atoms with Gasteiger partial charge in [-0.1, -0.05) is 6.07 Å². The van der Waals surface area contributed by atoms with E-state index in [0.717, 1.165) is 0 Å². The van der Waals surface area contributed by atoms with E-state index in [9.17, 15) is 9.18 Å². The number of rotatable bonds is 9. The normalized spacial score (nSPS) is 12.2. The van der Waals surface area contributed by atoms with E-state index in [2.05, 4.69) is 25.9 Å². The van der Waals surface area contributed by atoms with Crippen molar-refractivity contribution in [3.05, 3.63) is 60.2 Å². The summed E-state index contributed by atoms with van der Waals surface area (Å²) in [6, 6.07) is 9.45. The fourth-order valence-corrected chi connectivity index (χ4v) is 2.33. The molecule has 150 valence electrons. The maximum absolute atomic E-state index is 13.2. The van der Waals surface area contributed by atoms with Crippen molar-refractivity contribution in [1.82, 2.24) is 20.9 Å². The molecule has 1 amide bonds. The van der Waals surface area contributed by atoms with E-state index in [4.69, 9.17) is 4.74 Å². The van der Waals surface area contributed by atoms with Gasteiger partial charge >= 0.3 is 0 Å². The minimum absolute atomic E-state index is 0.172. The number of halogens is 1. The van der Waals surface area contributed by atoms with Gasteiger partial charge in [-0.25, -0.2) is 9.38 Å². The number of nitrogens with one attached hydrogen (secondary N) is 3. The van der Waals surface area contributed by atoms with Crippen molar-refractivity contribution in [3.63, 3.8) is 0 Å². The lowest BCUT2D eigenvalue weighted by Crippen LogP contribution is -2.42. The molecule has 0 aliphatic heterocycles. The molecule has 0 fully saturated rings. The van der Waals surface area contributed by atoms with Crippen LogP contribution in [0.5, 0.6) is 5.75 Å². The Morgan fingerprint density at radius 3 is 2.75 bits per heavy atom. The Balaban J connectivity index is 1.75. The van der Waals surface area contributed by atoms with E-state index in [0.29, 0.717) is 43.5 Å². The summed E-state index contributed by atoms with van der Waals surface area (Å²) in [4.78, 5) is 20.3. The smallest absolute Gasteiger partial charge is 0.252 e. The minimum Gasteiger partial charge on any atom is -0.489 e. The summed E-state index contributed by atoms with van der Waals surface area (Å²) in [6.07, 6.45) is 2.92. The van der Waals surface area contributed by atoms with Crippen LogP contribution in [0.4, 0.5) is 4.39 Å². The van der Waals surface area contributed by atoms with Crippen LogP contribution < -0.4 is 20.7 Å². The molecule has 0 saturated heterocycles. The first kappa shape index (κ1) is 21.1. The third kappa shape index (κ3) is 7.61. The van der Waals surface area contributed by atoms with Crippen molar-refractivity contribution in [2.24, 2.45) is 4.99 Å². The molecule has 0 aliphatic rings. The molecular formula is C20H26FN5O2. The van der Waals surface area contributed by atoms with E-state index in [1.54, 1.807) is 30.5 Å². The summed E-state index contributed by atoms with van der Waals surface area (Å²) in [7, 11) is 0. The predicted octanol–water partition coefficient (Wildman–Crippen LogP) is 1.97. The van der Waals surface area contributed by atoms with Gasteiger partial charge in [0.1, 0.15) is 17.7 Å². The van der Waals surface area contributed by atoms with E-state index in [1.165, 1.54) is 18.3 Å². The van der Waals surface area contributed by atoms with Crippen LogP contribution in [0.25, 0.3) is 0 Å². The molecule has 28 heavy (non-hydrogen) atoms. The second-order valence-electron chi connectivity index (χ2n) is 6.03. The number of aromatic nitrogens is 1. The van der Waals surface area contributed by atoms with Crippen LogP contribution in [0.2, 0.25) is 0 Å². The molecule has 1 unspecified atom stereocenters. The Morgan fingerprint density at radius 1 is 1.21 bits per heavy atom. The molecule has 1 atom stereocenters. The van der Waals surface area contributed by atoms with Crippen LogP contribution in [-0.4, -0.2) is 49.1 Å². The molecule has 1 heterocycles. The monoisotopic (exact) mass is 387 g/mol. The standard InChI is InChI=1S/C20H26FN5O2/c1-3-23-20(25-11-10-24-19(27)16-6-5-9-22-14-16)26-13-15(2)28-18-8-4-7-17(21)12-18/h4-9,12,14-15H,3,10-11,13H2,1-2H3,(H,24,27)(H2,23,25,26). The number of guanidine groups is 1. The fourth-order valence-electron chi connectivity index (χ4n) is 2.33. The molecule has 2 rings (SSSR count). The average molecular weight is 387 g/mol. The molecule has 0 radical (unpaired) electrons. The Bertz CT molecular complexity index is 770. The third-order valence-electron chi connectivity index (χ3n) is 3.61. The summed E-state index contributed by atoms with van der Waals surface area (Å²) in [5.41, 5.74) is 0.520. The van der Waals surface area contributed by atoms with Gasteiger partial charge < -0.3 is 20.7 Å². The van der Waals surface area contributed by atoms with Gasteiger partial charge in [0.25, 0.3) is 5.91 Å². The zero-order valence-electron chi connectivity index (χ0n) is 16.1. The fraction of sp³-hybridized carbons (Fsp3) is 0.350. The van der Waals surface area contributed by atoms with Crippen LogP contribution in [0.1, 0.15) is 24.2 Å². The molecule has 0 aliphatic carbocycles. The van der Waals surface area contributed by atoms with Crippen LogP contribution in [0, 0.1) is 5.82 Å². The molecule has 8 heteroatoms. The number of benzene rings is 1. The van der Waals surface area contributed by atoms with E-state index in [-0.39, 0.29) is 17.8 Å². The van der Waals surface area contributed by atoms with Crippen molar-refractivity contribution >= 4 is 11.9 Å². The Kier molecular flexibility index (Phi) is 8.71. The predicted molar refractivity (Wildman–Crippen MR) is 107 cm³/mol. The van der Waals surface area contributed by atoms with Crippen molar-refractivity contribution in [3.8, 4) is 5.75 Å². The zero-order valence-corrected chi connectivity index (χ0v) is 16.1. The summed E-state index contributed by atoms with van der Waals surface area (Å²) in [6.45, 7) is 5.88. The van der Waals surface area contributed by atoms with Gasteiger partial charge in [0, 0.05) is 38.1 Å². The quantitative estimate of drug-likeness (QED) is 0.348. The number of carbonyl (C=O) groups is 1. The molecule has 1 aromatic carbocycles. The number of hydrogen-bond donors (Lipinski definition) is 3. The van der Waals surface area contributed by atoms with E-state index < -0.39 is 0 Å². The number of hydrogen-bond acceptors (Lipinski definition) is 4. The summed E-state index contributed by atoms with van der Waals surface area (Å²) in [5, 5.41) is 9.10. The molecule has 7 nitrogen and oxygen atoms in total. The Morgan fingerprint density at radius 2 is 2.04 bits per heavy atom. The first-order chi connectivity index (χ1) is 13.6. The zero-order chi connectivity index (χ0) is 20.2. The third-order valence-corrected chi connectivity index (χ3v) is 3.61. The molecule has 0 spiro atoms. The topological polar surface area (TPSA) is 87.6 Å². The molecule has 1 aromatic heterocycles.